The van der Waals surface area contributed by atoms with Crippen molar-refractivity contribution < 1.29 is 0 Å². The van der Waals surface area contributed by atoms with Crippen LogP contribution in [0.15, 0.2) is 17.9 Å². The molecule has 0 unspecified atom stereocenters. The fraction of sp³-hybridized carbons (Fsp3) is 0.400. The number of rotatable bonds is 6. The third kappa shape index (κ3) is 3.32. The summed E-state index contributed by atoms with van der Waals surface area (Å²) >= 11 is 1.50. The first-order valence-electron chi connectivity index (χ1n) is 5.22. The lowest BCUT2D eigenvalue weighted by Crippen LogP contribution is -2.15. The quantitative estimate of drug-likeness (QED) is 0.659. The van der Waals surface area contributed by atoms with E-state index in [0.717, 1.165) is 37.3 Å². The van der Waals surface area contributed by atoms with E-state index in [1.807, 2.05) is 11.6 Å². The molecule has 2 aromatic rings. The number of nitrogens with zero attached hydrogens (tertiary/aromatic N) is 2. The largest absolute Gasteiger partial charge is 0.375 e. The molecular formula is C10H15N5S. The molecule has 0 atom stereocenters. The number of aryl methyl sites for hydroxylation is 1. The summed E-state index contributed by atoms with van der Waals surface area (Å²) in [5.41, 5.74) is 7.75. The SMILES string of the molecule is Nc1nc(CCCNCc2cnc[nH]2)cs1. The monoisotopic (exact) mass is 237 g/mol. The van der Waals surface area contributed by atoms with E-state index in [9.17, 15) is 0 Å². The Balaban J connectivity index is 1.59. The minimum atomic E-state index is 0.653. The van der Waals surface area contributed by atoms with Crippen LogP contribution in [-0.2, 0) is 13.0 Å². The van der Waals surface area contributed by atoms with Gasteiger partial charge in [0.2, 0.25) is 0 Å². The van der Waals surface area contributed by atoms with Crippen LogP contribution in [0.4, 0.5) is 5.13 Å². The van der Waals surface area contributed by atoms with E-state index in [0.29, 0.717) is 5.13 Å². The molecule has 0 bridgehead atoms. The van der Waals surface area contributed by atoms with Gasteiger partial charge in [-0.3, -0.25) is 0 Å². The van der Waals surface area contributed by atoms with Gasteiger partial charge in [-0.2, -0.15) is 0 Å². The molecule has 0 aliphatic carbocycles. The van der Waals surface area contributed by atoms with Crippen LogP contribution in [0, 0.1) is 0 Å². The molecule has 4 N–H and O–H groups in total. The molecule has 0 saturated heterocycles. The lowest BCUT2D eigenvalue weighted by molar-refractivity contribution is 0.639. The van der Waals surface area contributed by atoms with E-state index >= 15 is 0 Å². The molecule has 0 fully saturated rings. The van der Waals surface area contributed by atoms with Gasteiger partial charge in [0.1, 0.15) is 0 Å². The summed E-state index contributed by atoms with van der Waals surface area (Å²) in [6.45, 7) is 1.80. The Morgan fingerprint density at radius 3 is 3.12 bits per heavy atom. The Bertz CT molecular complexity index is 409. The summed E-state index contributed by atoms with van der Waals surface area (Å²) in [6, 6.07) is 0. The van der Waals surface area contributed by atoms with Gasteiger partial charge in [-0.15, -0.1) is 11.3 Å². The third-order valence-corrected chi connectivity index (χ3v) is 2.95. The van der Waals surface area contributed by atoms with Crippen LogP contribution >= 0.6 is 11.3 Å². The Morgan fingerprint density at radius 2 is 2.44 bits per heavy atom. The van der Waals surface area contributed by atoms with E-state index in [-0.39, 0.29) is 0 Å². The predicted molar refractivity (Wildman–Crippen MR) is 65.1 cm³/mol. The number of anilines is 1. The zero-order valence-electron chi connectivity index (χ0n) is 8.94. The molecule has 5 nitrogen and oxygen atoms in total. The predicted octanol–water partition coefficient (Wildman–Crippen LogP) is 1.17. The molecule has 0 radical (unpaired) electrons. The van der Waals surface area contributed by atoms with Crippen molar-refractivity contribution >= 4 is 16.5 Å². The molecule has 6 heteroatoms. The van der Waals surface area contributed by atoms with Gasteiger partial charge < -0.3 is 16.0 Å². The molecule has 2 heterocycles. The average Bonchev–Trinajstić information content (AvgIpc) is 2.89. The first-order valence-corrected chi connectivity index (χ1v) is 6.10. The lowest BCUT2D eigenvalue weighted by atomic mass is 10.2. The summed E-state index contributed by atoms with van der Waals surface area (Å²) in [5.74, 6) is 0. The second-order valence-corrected chi connectivity index (χ2v) is 4.42. The van der Waals surface area contributed by atoms with Crippen LogP contribution in [0.1, 0.15) is 17.8 Å². The molecule has 0 aromatic carbocycles. The van der Waals surface area contributed by atoms with Crippen molar-refractivity contribution in [3.63, 3.8) is 0 Å². The first-order chi connectivity index (χ1) is 7.84. The summed E-state index contributed by atoms with van der Waals surface area (Å²) < 4.78 is 0. The molecule has 2 aromatic heterocycles. The molecule has 2 rings (SSSR count). The number of thiazole rings is 1. The van der Waals surface area contributed by atoms with Crippen molar-refractivity contribution in [2.45, 2.75) is 19.4 Å². The molecule has 0 saturated carbocycles. The highest BCUT2D eigenvalue weighted by molar-refractivity contribution is 7.13. The number of nitrogens with two attached hydrogens (primary N) is 1. The molecule has 0 aliphatic heterocycles. The minimum Gasteiger partial charge on any atom is -0.375 e. The van der Waals surface area contributed by atoms with E-state index in [4.69, 9.17) is 5.73 Å². The van der Waals surface area contributed by atoms with E-state index in [1.165, 1.54) is 11.3 Å². The summed E-state index contributed by atoms with van der Waals surface area (Å²) in [7, 11) is 0. The highest BCUT2D eigenvalue weighted by atomic mass is 32.1. The van der Waals surface area contributed by atoms with E-state index in [1.54, 1.807) is 6.33 Å². The zero-order valence-corrected chi connectivity index (χ0v) is 9.76. The standard InChI is InChI=1S/C10H15N5S/c11-10-15-8(6-16-10)2-1-3-12-4-9-5-13-7-14-9/h5-7,12H,1-4H2,(H2,11,15)(H,13,14). The molecular weight excluding hydrogens is 222 g/mol. The molecule has 0 amide bonds. The van der Waals surface area contributed by atoms with Gasteiger partial charge in [0.25, 0.3) is 0 Å². The maximum absolute atomic E-state index is 5.55. The minimum absolute atomic E-state index is 0.653. The van der Waals surface area contributed by atoms with Crippen molar-refractivity contribution in [1.29, 1.82) is 0 Å². The molecule has 0 aliphatic rings. The molecule has 86 valence electrons. The van der Waals surface area contributed by atoms with Crippen LogP contribution in [0.25, 0.3) is 0 Å². The van der Waals surface area contributed by atoms with Crippen molar-refractivity contribution in [1.82, 2.24) is 20.3 Å². The fourth-order valence-electron chi connectivity index (χ4n) is 1.44. The number of aromatic amines is 1. The Morgan fingerprint density at radius 1 is 1.50 bits per heavy atom. The number of H-pyrrole nitrogens is 1. The van der Waals surface area contributed by atoms with Gasteiger partial charge in [-0.1, -0.05) is 0 Å². The number of imidazole rings is 1. The van der Waals surface area contributed by atoms with Gasteiger partial charge in [0, 0.05) is 23.8 Å². The normalized spacial score (nSPS) is 10.8. The van der Waals surface area contributed by atoms with Crippen LogP contribution in [-0.4, -0.2) is 21.5 Å². The maximum atomic E-state index is 5.55. The topological polar surface area (TPSA) is 79.6 Å². The average molecular weight is 237 g/mol. The number of nitrogen functional groups attached to an aromatic ring is 1. The van der Waals surface area contributed by atoms with E-state index in [2.05, 4.69) is 20.3 Å². The Kier molecular flexibility index (Phi) is 3.90. The highest BCUT2D eigenvalue weighted by Gasteiger charge is 1.98. The van der Waals surface area contributed by atoms with Gasteiger partial charge in [-0.05, 0) is 19.4 Å². The smallest absolute Gasteiger partial charge is 0.180 e. The Hall–Kier alpha value is -1.40. The van der Waals surface area contributed by atoms with Crippen molar-refractivity contribution in [3.05, 3.63) is 29.3 Å². The van der Waals surface area contributed by atoms with Crippen molar-refractivity contribution in [2.75, 3.05) is 12.3 Å². The molecule has 0 spiro atoms. The number of hydrogen-bond acceptors (Lipinski definition) is 5. The van der Waals surface area contributed by atoms with Crippen LogP contribution in [0.5, 0.6) is 0 Å². The zero-order chi connectivity index (χ0) is 11.2. The number of hydrogen-bond donors (Lipinski definition) is 3. The van der Waals surface area contributed by atoms with Gasteiger partial charge >= 0.3 is 0 Å². The van der Waals surface area contributed by atoms with Crippen LogP contribution < -0.4 is 11.1 Å². The molecule has 16 heavy (non-hydrogen) atoms. The second kappa shape index (κ2) is 5.62. The second-order valence-electron chi connectivity index (χ2n) is 3.53. The van der Waals surface area contributed by atoms with Gasteiger partial charge in [0.05, 0.1) is 12.0 Å². The Labute approximate surface area is 98.1 Å². The highest BCUT2D eigenvalue weighted by Crippen LogP contribution is 2.12. The number of aromatic nitrogens is 3. The fourth-order valence-corrected chi connectivity index (χ4v) is 2.03. The summed E-state index contributed by atoms with van der Waals surface area (Å²) in [6.07, 6.45) is 5.56. The van der Waals surface area contributed by atoms with Crippen LogP contribution in [0.3, 0.4) is 0 Å². The van der Waals surface area contributed by atoms with Gasteiger partial charge in [-0.25, -0.2) is 9.97 Å². The number of nitrogens with one attached hydrogen (secondary N) is 2. The van der Waals surface area contributed by atoms with Crippen molar-refractivity contribution in [2.24, 2.45) is 0 Å². The van der Waals surface area contributed by atoms with Crippen molar-refractivity contribution in [3.8, 4) is 0 Å². The summed E-state index contributed by atoms with van der Waals surface area (Å²) in [5, 5.41) is 6.01. The lowest BCUT2D eigenvalue weighted by Gasteiger charge is -2.01. The van der Waals surface area contributed by atoms with Crippen LogP contribution in [0.2, 0.25) is 0 Å². The van der Waals surface area contributed by atoms with Gasteiger partial charge in [0.15, 0.2) is 5.13 Å². The summed E-state index contributed by atoms with van der Waals surface area (Å²) in [4.78, 5) is 11.2. The first kappa shape index (κ1) is 11.1. The third-order valence-electron chi connectivity index (χ3n) is 2.23. The maximum Gasteiger partial charge on any atom is 0.180 e. The van der Waals surface area contributed by atoms with E-state index < -0.39 is 0 Å².